The van der Waals surface area contributed by atoms with Crippen LogP contribution in [0.25, 0.3) is 0 Å². The molecule has 0 bridgehead atoms. The summed E-state index contributed by atoms with van der Waals surface area (Å²) in [5.74, 6) is 0.492. The highest BCUT2D eigenvalue weighted by Crippen LogP contribution is 2.25. The Morgan fingerprint density at radius 2 is 2.16 bits per heavy atom. The molecule has 1 aromatic heterocycles. The van der Waals surface area contributed by atoms with Gasteiger partial charge in [0.1, 0.15) is 0 Å². The molecule has 1 unspecified atom stereocenters. The third-order valence-electron chi connectivity index (χ3n) is 4.02. The van der Waals surface area contributed by atoms with Crippen molar-refractivity contribution in [3.8, 4) is 5.75 Å². The molecule has 3 heterocycles. The summed E-state index contributed by atoms with van der Waals surface area (Å²) in [4.78, 5) is 14.2. The number of ether oxygens (including phenoxy) is 1. The molecule has 0 radical (unpaired) electrons. The molecule has 1 atom stereocenters. The molecule has 104 valence electrons. The highest BCUT2D eigenvalue weighted by Gasteiger charge is 2.31. The Balaban J connectivity index is 1.55. The lowest BCUT2D eigenvalue weighted by Gasteiger charge is -2.33. The number of carbonyl (C=O) groups excluding carboxylic acids is 1. The molecule has 6 nitrogen and oxygen atoms in total. The maximum absolute atomic E-state index is 12.2. The smallest absolute Gasteiger partial charge is 0.228 e. The molecule has 6 heteroatoms. The van der Waals surface area contributed by atoms with E-state index < -0.39 is 0 Å². The van der Waals surface area contributed by atoms with E-state index in [0.29, 0.717) is 13.2 Å². The van der Waals surface area contributed by atoms with Gasteiger partial charge in [0.25, 0.3) is 0 Å². The molecule has 0 spiro atoms. The van der Waals surface area contributed by atoms with Gasteiger partial charge in [-0.1, -0.05) is 0 Å². The Morgan fingerprint density at radius 3 is 2.74 bits per heavy atom. The van der Waals surface area contributed by atoms with Crippen LogP contribution >= 0.6 is 0 Å². The summed E-state index contributed by atoms with van der Waals surface area (Å²) >= 11 is 0. The SMILES string of the molecule is O=C(C1CCOC1)N1CCC(n2cc(O)cn2)CC1. The maximum Gasteiger partial charge on any atom is 0.228 e. The highest BCUT2D eigenvalue weighted by molar-refractivity contribution is 5.79. The number of rotatable bonds is 2. The minimum atomic E-state index is 0.0605. The van der Waals surface area contributed by atoms with Crippen molar-refractivity contribution in [1.82, 2.24) is 14.7 Å². The summed E-state index contributed by atoms with van der Waals surface area (Å²) in [6.07, 6.45) is 5.73. The summed E-state index contributed by atoms with van der Waals surface area (Å²) < 4.78 is 7.07. The van der Waals surface area contributed by atoms with Gasteiger partial charge in [-0.15, -0.1) is 0 Å². The summed E-state index contributed by atoms with van der Waals surface area (Å²) in [5, 5.41) is 13.4. The molecular formula is C13H19N3O3. The second kappa shape index (κ2) is 5.21. The molecule has 19 heavy (non-hydrogen) atoms. The zero-order valence-corrected chi connectivity index (χ0v) is 10.9. The lowest BCUT2D eigenvalue weighted by molar-refractivity contribution is -0.136. The molecule has 1 N–H and O–H groups in total. The Kier molecular flexibility index (Phi) is 3.42. The van der Waals surface area contributed by atoms with Crippen LogP contribution in [0.4, 0.5) is 0 Å². The van der Waals surface area contributed by atoms with Crippen molar-refractivity contribution >= 4 is 5.91 Å². The monoisotopic (exact) mass is 265 g/mol. The maximum atomic E-state index is 12.2. The van der Waals surface area contributed by atoms with E-state index in [-0.39, 0.29) is 23.6 Å². The normalized spacial score (nSPS) is 24.8. The van der Waals surface area contributed by atoms with E-state index in [9.17, 15) is 9.90 Å². The van der Waals surface area contributed by atoms with Gasteiger partial charge < -0.3 is 14.7 Å². The number of hydrogen-bond acceptors (Lipinski definition) is 4. The van der Waals surface area contributed by atoms with Gasteiger partial charge in [-0.3, -0.25) is 9.48 Å². The minimum absolute atomic E-state index is 0.0605. The Labute approximate surface area is 112 Å². The van der Waals surface area contributed by atoms with Gasteiger partial charge in [0.2, 0.25) is 5.91 Å². The molecule has 1 amide bonds. The second-order valence-electron chi connectivity index (χ2n) is 5.30. The van der Waals surface area contributed by atoms with Gasteiger partial charge in [0.15, 0.2) is 5.75 Å². The number of aromatic nitrogens is 2. The first-order valence-electron chi connectivity index (χ1n) is 6.83. The molecule has 2 saturated heterocycles. The van der Waals surface area contributed by atoms with Crippen LogP contribution in [0.5, 0.6) is 5.75 Å². The fourth-order valence-electron chi connectivity index (χ4n) is 2.87. The van der Waals surface area contributed by atoms with E-state index in [1.54, 1.807) is 10.9 Å². The van der Waals surface area contributed by atoms with E-state index in [1.165, 1.54) is 6.20 Å². The lowest BCUT2D eigenvalue weighted by Crippen LogP contribution is -2.42. The minimum Gasteiger partial charge on any atom is -0.505 e. The lowest BCUT2D eigenvalue weighted by atomic mass is 10.0. The number of carbonyl (C=O) groups is 1. The van der Waals surface area contributed by atoms with E-state index in [4.69, 9.17) is 4.74 Å². The van der Waals surface area contributed by atoms with E-state index in [0.717, 1.165) is 32.4 Å². The predicted molar refractivity (Wildman–Crippen MR) is 67.7 cm³/mol. The van der Waals surface area contributed by atoms with Crippen molar-refractivity contribution in [2.24, 2.45) is 5.92 Å². The van der Waals surface area contributed by atoms with Crippen molar-refractivity contribution in [1.29, 1.82) is 0 Å². The van der Waals surface area contributed by atoms with Crippen LogP contribution in [0, 0.1) is 5.92 Å². The number of aromatic hydroxyl groups is 1. The van der Waals surface area contributed by atoms with Crippen LogP contribution in [-0.2, 0) is 9.53 Å². The first kappa shape index (κ1) is 12.5. The first-order valence-corrected chi connectivity index (χ1v) is 6.83. The van der Waals surface area contributed by atoms with Crippen LogP contribution in [0.2, 0.25) is 0 Å². The van der Waals surface area contributed by atoms with E-state index >= 15 is 0 Å². The first-order chi connectivity index (χ1) is 9.24. The molecule has 1 aromatic rings. The highest BCUT2D eigenvalue weighted by atomic mass is 16.5. The van der Waals surface area contributed by atoms with Crippen LogP contribution in [0.15, 0.2) is 12.4 Å². The van der Waals surface area contributed by atoms with Crippen molar-refractivity contribution in [3.63, 3.8) is 0 Å². The van der Waals surface area contributed by atoms with Gasteiger partial charge >= 0.3 is 0 Å². The molecule has 2 aliphatic heterocycles. The molecular weight excluding hydrogens is 246 g/mol. The summed E-state index contributed by atoms with van der Waals surface area (Å²) in [7, 11) is 0. The van der Waals surface area contributed by atoms with Crippen LogP contribution < -0.4 is 0 Å². The number of hydrogen-bond donors (Lipinski definition) is 1. The molecule has 2 aliphatic rings. The Hall–Kier alpha value is -1.56. The average molecular weight is 265 g/mol. The molecule has 2 fully saturated rings. The fourth-order valence-corrected chi connectivity index (χ4v) is 2.87. The predicted octanol–water partition coefficient (Wildman–Crippen LogP) is 0.789. The topological polar surface area (TPSA) is 67.6 Å². The van der Waals surface area contributed by atoms with Crippen LogP contribution in [0.1, 0.15) is 25.3 Å². The third kappa shape index (κ3) is 2.58. The summed E-state index contributed by atoms with van der Waals surface area (Å²) in [6.45, 7) is 2.81. The summed E-state index contributed by atoms with van der Waals surface area (Å²) in [6, 6.07) is 0.282. The summed E-state index contributed by atoms with van der Waals surface area (Å²) in [5.41, 5.74) is 0. The molecule has 3 rings (SSSR count). The van der Waals surface area contributed by atoms with E-state index in [1.807, 2.05) is 4.90 Å². The molecule has 0 aliphatic carbocycles. The van der Waals surface area contributed by atoms with Crippen LogP contribution in [0.3, 0.4) is 0 Å². The van der Waals surface area contributed by atoms with Crippen molar-refractivity contribution in [3.05, 3.63) is 12.4 Å². The number of piperidine rings is 1. The molecule has 0 aromatic carbocycles. The number of likely N-dealkylation sites (tertiary alicyclic amines) is 1. The number of amides is 1. The van der Waals surface area contributed by atoms with Gasteiger partial charge in [-0.25, -0.2) is 0 Å². The van der Waals surface area contributed by atoms with Crippen LogP contribution in [-0.4, -0.2) is 52.0 Å². The van der Waals surface area contributed by atoms with Crippen molar-refractivity contribution < 1.29 is 14.6 Å². The van der Waals surface area contributed by atoms with Gasteiger partial charge in [-0.05, 0) is 19.3 Å². The quantitative estimate of drug-likeness (QED) is 0.858. The zero-order chi connectivity index (χ0) is 13.2. The fraction of sp³-hybridized carbons (Fsp3) is 0.692. The van der Waals surface area contributed by atoms with E-state index in [2.05, 4.69) is 5.10 Å². The third-order valence-corrected chi connectivity index (χ3v) is 4.02. The van der Waals surface area contributed by atoms with Gasteiger partial charge in [-0.2, -0.15) is 5.10 Å². The second-order valence-corrected chi connectivity index (χ2v) is 5.30. The standard InChI is InChI=1S/C13H19N3O3/c17-12-7-14-16(8-12)11-1-4-15(5-2-11)13(18)10-3-6-19-9-10/h7-8,10-11,17H,1-6,9H2. The average Bonchev–Trinajstić information content (AvgIpc) is 3.09. The van der Waals surface area contributed by atoms with Crippen molar-refractivity contribution in [2.45, 2.75) is 25.3 Å². The van der Waals surface area contributed by atoms with Gasteiger partial charge in [0.05, 0.1) is 31.0 Å². The number of nitrogens with zero attached hydrogens (tertiary/aromatic N) is 3. The Bertz CT molecular complexity index is 446. The van der Waals surface area contributed by atoms with Crippen molar-refractivity contribution in [2.75, 3.05) is 26.3 Å². The zero-order valence-electron chi connectivity index (χ0n) is 10.9. The van der Waals surface area contributed by atoms with Gasteiger partial charge in [0, 0.05) is 19.7 Å². The Morgan fingerprint density at radius 1 is 1.37 bits per heavy atom. The molecule has 0 saturated carbocycles. The largest absolute Gasteiger partial charge is 0.505 e.